The zero-order valence-electron chi connectivity index (χ0n) is 34.7. The molecule has 3 aliphatic heterocycles. The smallest absolute Gasteiger partial charge is 0.127 e. The average Bonchev–Trinajstić information content (AvgIpc) is 3.79. The molecule has 7 aliphatic carbocycles. The number of allylic oxidation sites excluding steroid dienone is 12. The summed E-state index contributed by atoms with van der Waals surface area (Å²) in [7, 11) is 2.34. The lowest BCUT2D eigenvalue weighted by Crippen LogP contribution is -2.60. The fourth-order valence-corrected chi connectivity index (χ4v) is 13.1. The van der Waals surface area contributed by atoms with Gasteiger partial charge < -0.3 is 15.0 Å². The minimum atomic E-state index is -0.227. The molecule has 58 heavy (non-hydrogen) atoms. The highest BCUT2D eigenvalue weighted by Gasteiger charge is 2.62. The Balaban J connectivity index is 0.943. The van der Waals surface area contributed by atoms with Crippen molar-refractivity contribution in [3.63, 3.8) is 0 Å². The predicted octanol–water partition coefficient (Wildman–Crippen LogP) is 11.3. The molecule has 5 heteroatoms. The summed E-state index contributed by atoms with van der Waals surface area (Å²) < 4.78 is 7.54. The fourth-order valence-electron chi connectivity index (χ4n) is 13.1. The molecule has 1 aromatic carbocycles. The van der Waals surface area contributed by atoms with Crippen LogP contribution in [0.3, 0.4) is 0 Å². The van der Waals surface area contributed by atoms with Gasteiger partial charge >= 0.3 is 0 Å². The number of fused-ring (bicyclic) bond motifs is 6. The quantitative estimate of drug-likeness (QED) is 0.293. The molecular weight excluding hydrogens is 709 g/mol. The summed E-state index contributed by atoms with van der Waals surface area (Å²) in [6.45, 7) is 2.49. The molecular formula is C53H62N4O. The molecule has 0 radical (unpaired) electrons. The van der Waals surface area contributed by atoms with Gasteiger partial charge in [0.2, 0.25) is 0 Å². The van der Waals surface area contributed by atoms with E-state index in [1.165, 1.54) is 90.9 Å². The number of likely N-dealkylation sites (tertiary alicyclic amines) is 1. The molecule has 1 aromatic rings. The van der Waals surface area contributed by atoms with Crippen molar-refractivity contribution in [2.24, 2.45) is 34.6 Å². The molecule has 5 nitrogen and oxygen atoms in total. The van der Waals surface area contributed by atoms with Gasteiger partial charge in [-0.05, 0) is 144 Å². The molecule has 0 amide bonds. The largest absolute Gasteiger partial charge is 0.486 e. The van der Waals surface area contributed by atoms with E-state index in [0.717, 1.165) is 38.5 Å². The van der Waals surface area contributed by atoms with Crippen LogP contribution in [0.2, 0.25) is 0 Å². The van der Waals surface area contributed by atoms with Gasteiger partial charge in [0.05, 0.1) is 12.2 Å². The third kappa shape index (κ3) is 6.16. The first kappa shape index (κ1) is 36.7. The Morgan fingerprint density at radius 1 is 0.862 bits per heavy atom. The Morgan fingerprint density at radius 2 is 1.79 bits per heavy atom. The van der Waals surface area contributed by atoms with Gasteiger partial charge in [-0.25, -0.2) is 4.99 Å². The van der Waals surface area contributed by atoms with Crippen molar-refractivity contribution in [2.75, 3.05) is 7.05 Å². The number of likely N-dealkylation sites (N-methyl/N-ethyl adjacent to an activating group) is 1. The van der Waals surface area contributed by atoms with Gasteiger partial charge in [0, 0.05) is 41.3 Å². The van der Waals surface area contributed by atoms with Crippen molar-refractivity contribution in [3.8, 4) is 0 Å². The van der Waals surface area contributed by atoms with Crippen LogP contribution < -0.4 is 5.32 Å². The zero-order chi connectivity index (χ0) is 38.8. The summed E-state index contributed by atoms with van der Waals surface area (Å²) in [6, 6.07) is 12.0. The molecule has 10 aliphatic rings. The van der Waals surface area contributed by atoms with E-state index in [4.69, 9.17) is 9.73 Å². The number of amidine groups is 1. The van der Waals surface area contributed by atoms with Crippen molar-refractivity contribution >= 4 is 11.4 Å². The number of hydrogen-bond acceptors (Lipinski definition) is 5. The van der Waals surface area contributed by atoms with E-state index < -0.39 is 0 Å². The van der Waals surface area contributed by atoms with Crippen LogP contribution >= 0.6 is 0 Å². The molecule has 300 valence electrons. The van der Waals surface area contributed by atoms with Gasteiger partial charge in [-0.1, -0.05) is 103 Å². The Kier molecular flexibility index (Phi) is 9.52. The van der Waals surface area contributed by atoms with Crippen molar-refractivity contribution in [3.05, 3.63) is 149 Å². The lowest BCUT2D eigenvalue weighted by molar-refractivity contribution is -0.0620. The predicted molar refractivity (Wildman–Crippen MR) is 237 cm³/mol. The first-order valence-corrected chi connectivity index (χ1v) is 23.1. The summed E-state index contributed by atoms with van der Waals surface area (Å²) in [6.07, 6.45) is 48.6. The summed E-state index contributed by atoms with van der Waals surface area (Å²) in [5, 5.41) is 4.15. The maximum Gasteiger partial charge on any atom is 0.127 e. The molecule has 2 fully saturated rings. The summed E-state index contributed by atoms with van der Waals surface area (Å²) in [5.41, 5.74) is 10.1. The molecule has 0 spiro atoms. The highest BCUT2D eigenvalue weighted by molar-refractivity contribution is 5.87. The normalized spacial score (nSPS) is 37.9. The molecule has 1 saturated heterocycles. The van der Waals surface area contributed by atoms with Crippen LogP contribution in [-0.2, 0) is 4.74 Å². The van der Waals surface area contributed by atoms with Crippen LogP contribution in [-0.4, -0.2) is 52.7 Å². The topological polar surface area (TPSA) is 40.1 Å². The lowest BCUT2D eigenvalue weighted by atomic mass is 9.63. The van der Waals surface area contributed by atoms with Gasteiger partial charge in [0.1, 0.15) is 23.4 Å². The average molecular weight is 771 g/mol. The number of nitrogens with zero attached hydrogens (tertiary/aromatic N) is 3. The highest BCUT2D eigenvalue weighted by atomic mass is 16.5. The van der Waals surface area contributed by atoms with Crippen LogP contribution in [0.1, 0.15) is 102 Å². The molecule has 1 saturated carbocycles. The Labute approximate surface area is 347 Å². The van der Waals surface area contributed by atoms with Crippen molar-refractivity contribution in [2.45, 2.75) is 127 Å². The Morgan fingerprint density at radius 3 is 2.62 bits per heavy atom. The molecule has 10 unspecified atom stereocenters. The van der Waals surface area contributed by atoms with Crippen molar-refractivity contribution < 1.29 is 4.74 Å². The van der Waals surface area contributed by atoms with E-state index in [2.05, 4.69) is 138 Å². The van der Waals surface area contributed by atoms with E-state index in [0.29, 0.717) is 29.8 Å². The first-order valence-electron chi connectivity index (χ1n) is 23.1. The maximum absolute atomic E-state index is 7.54. The number of aliphatic imine (C=N–C) groups is 1. The monoisotopic (exact) mass is 770 g/mol. The van der Waals surface area contributed by atoms with E-state index in [9.17, 15) is 0 Å². The minimum Gasteiger partial charge on any atom is -0.486 e. The van der Waals surface area contributed by atoms with Crippen LogP contribution in [0.5, 0.6) is 0 Å². The molecule has 10 atom stereocenters. The summed E-state index contributed by atoms with van der Waals surface area (Å²) >= 11 is 0. The van der Waals surface area contributed by atoms with E-state index in [1.807, 2.05) is 0 Å². The van der Waals surface area contributed by atoms with Crippen LogP contribution in [0, 0.1) is 29.6 Å². The van der Waals surface area contributed by atoms with E-state index in [-0.39, 0.29) is 29.8 Å². The standard InChI is InChI=1S/C53H62N4O/c1-53-45(31-32-47-49(53)43-25-15-16-26-46(43)57(47)40-23-13-6-14-24-40)42-30-28-39(34-48(42)58-53)41-29-27-38(35-17-7-3-8-18-35)33-44(41)52-55-50(36-19-9-4-10-20-36)54-51(56(52)2)37-21-11-5-12-22-37/h3,7-9,13,15-19,21,23-25,27,29,33-34,36,41,44-47,49,51-52H,4-6,10-12,14,20,22,26,28,30-32H2,1-2H3,(H,54,55). The second kappa shape index (κ2) is 15.0. The van der Waals surface area contributed by atoms with Gasteiger partial charge in [-0.3, -0.25) is 4.90 Å². The second-order valence-electron chi connectivity index (χ2n) is 19.0. The van der Waals surface area contributed by atoms with Crippen LogP contribution in [0.15, 0.2) is 148 Å². The molecule has 11 rings (SSSR count). The Bertz CT molecular complexity index is 2160. The highest BCUT2D eigenvalue weighted by Crippen LogP contribution is 2.61. The number of rotatable bonds is 6. The van der Waals surface area contributed by atoms with Gasteiger partial charge in [-0.15, -0.1) is 0 Å². The molecule has 0 aromatic heterocycles. The van der Waals surface area contributed by atoms with E-state index >= 15 is 0 Å². The number of benzene rings is 1. The third-order valence-corrected chi connectivity index (χ3v) is 15.8. The van der Waals surface area contributed by atoms with Crippen LogP contribution in [0.25, 0.3) is 5.57 Å². The first-order chi connectivity index (χ1) is 28.5. The zero-order valence-corrected chi connectivity index (χ0v) is 34.7. The fraction of sp³-hybridized carbons (Fsp3) is 0.491. The number of nitrogens with one attached hydrogen (secondary N) is 1. The Hall–Kier alpha value is -4.35. The number of ether oxygens (including phenoxy) is 1. The van der Waals surface area contributed by atoms with Gasteiger partial charge in [0.15, 0.2) is 0 Å². The van der Waals surface area contributed by atoms with E-state index in [1.54, 1.807) is 11.1 Å². The summed E-state index contributed by atoms with van der Waals surface area (Å²) in [5.74, 6) is 4.12. The summed E-state index contributed by atoms with van der Waals surface area (Å²) in [4.78, 5) is 11.0. The molecule has 3 heterocycles. The lowest BCUT2D eigenvalue weighted by Gasteiger charge is -2.47. The number of hydrogen-bond donors (Lipinski definition) is 1. The molecule has 0 bridgehead atoms. The van der Waals surface area contributed by atoms with Crippen molar-refractivity contribution in [1.29, 1.82) is 0 Å². The van der Waals surface area contributed by atoms with Crippen LogP contribution in [0.4, 0.5) is 0 Å². The molecule has 1 N–H and O–H groups in total. The van der Waals surface area contributed by atoms with Crippen molar-refractivity contribution in [1.82, 2.24) is 15.1 Å². The van der Waals surface area contributed by atoms with Gasteiger partial charge in [-0.2, -0.15) is 0 Å². The second-order valence-corrected chi connectivity index (χ2v) is 19.0. The maximum atomic E-state index is 7.54. The SMILES string of the molecule is CN1C(C2=CCCCC2)N=C(C2C=CCCC2)NC1C1C=C(c2ccccc2)C=CC1C1=CC2=C(CC1)C1CCC3C(C4=CC=CCC4N3C3=CCCC=C3)C1(C)O2. The van der Waals surface area contributed by atoms with Gasteiger partial charge in [0.25, 0.3) is 0 Å². The third-order valence-electron chi connectivity index (χ3n) is 15.8. The minimum absolute atomic E-state index is 0.0828.